The summed E-state index contributed by atoms with van der Waals surface area (Å²) in [4.78, 5) is 0. The zero-order valence-electron chi connectivity index (χ0n) is 10.3. The molecule has 1 atom stereocenters. The van der Waals surface area contributed by atoms with Gasteiger partial charge in [-0.2, -0.15) is 0 Å². The molecule has 20 heavy (non-hydrogen) atoms. The molecule has 0 saturated heterocycles. The molecule has 3 N–H and O–H groups in total. The Hall–Kier alpha value is -1.20. The van der Waals surface area contributed by atoms with Gasteiger partial charge in [-0.25, -0.2) is 8.78 Å². The third kappa shape index (κ3) is 3.10. The van der Waals surface area contributed by atoms with Crippen molar-refractivity contribution in [1.82, 2.24) is 5.43 Å². The highest BCUT2D eigenvalue weighted by atomic mass is 35.5. The summed E-state index contributed by atoms with van der Waals surface area (Å²) in [6, 6.07) is 8.31. The van der Waals surface area contributed by atoms with Crippen LogP contribution in [-0.4, -0.2) is 0 Å². The monoisotopic (exact) mass is 316 g/mol. The number of hydrogen-bond acceptors (Lipinski definition) is 2. The maximum Gasteiger partial charge on any atom is 0.145 e. The van der Waals surface area contributed by atoms with Crippen LogP contribution < -0.4 is 11.3 Å². The zero-order valence-corrected chi connectivity index (χ0v) is 11.8. The third-order valence-electron chi connectivity index (χ3n) is 3.00. The van der Waals surface area contributed by atoms with Crippen molar-refractivity contribution in [1.29, 1.82) is 0 Å². The molecule has 106 valence electrons. The topological polar surface area (TPSA) is 38.0 Å². The Balaban J connectivity index is 2.37. The maximum atomic E-state index is 13.9. The molecule has 0 fully saturated rings. The van der Waals surface area contributed by atoms with Gasteiger partial charge >= 0.3 is 0 Å². The van der Waals surface area contributed by atoms with E-state index in [1.54, 1.807) is 18.2 Å². The van der Waals surface area contributed by atoms with Gasteiger partial charge in [-0.3, -0.25) is 11.3 Å². The van der Waals surface area contributed by atoms with Gasteiger partial charge in [0.25, 0.3) is 0 Å². The van der Waals surface area contributed by atoms with Crippen molar-refractivity contribution >= 4 is 23.2 Å². The van der Waals surface area contributed by atoms with Gasteiger partial charge in [0.05, 0.1) is 11.1 Å². The molecule has 2 rings (SSSR count). The number of nitrogens with one attached hydrogen (secondary N) is 1. The molecule has 0 bridgehead atoms. The molecule has 6 heteroatoms. The number of nitrogens with two attached hydrogens (primary N) is 1. The van der Waals surface area contributed by atoms with Crippen LogP contribution in [0.15, 0.2) is 36.4 Å². The minimum atomic E-state index is -0.656. The highest BCUT2D eigenvalue weighted by Crippen LogP contribution is 2.29. The fraction of sp³-hybridized carbons (Fsp3) is 0.143. The summed E-state index contributed by atoms with van der Waals surface area (Å²) in [5, 5.41) is 0.244. The molecular weight excluding hydrogens is 305 g/mol. The van der Waals surface area contributed by atoms with Gasteiger partial charge < -0.3 is 0 Å². The van der Waals surface area contributed by atoms with Crippen molar-refractivity contribution in [3.8, 4) is 0 Å². The van der Waals surface area contributed by atoms with Crippen molar-refractivity contribution in [3.63, 3.8) is 0 Å². The van der Waals surface area contributed by atoms with Crippen LogP contribution in [0.4, 0.5) is 8.78 Å². The van der Waals surface area contributed by atoms with Crippen molar-refractivity contribution in [2.24, 2.45) is 5.84 Å². The highest BCUT2D eigenvalue weighted by molar-refractivity contribution is 6.31. The van der Waals surface area contributed by atoms with E-state index in [1.807, 2.05) is 0 Å². The normalized spacial score (nSPS) is 12.4. The SMILES string of the molecule is NNC(Cc1cccc(Cl)c1F)c1c(F)cccc1Cl. The predicted octanol–water partition coefficient (Wildman–Crippen LogP) is 4.02. The molecule has 0 saturated carbocycles. The van der Waals surface area contributed by atoms with Crippen molar-refractivity contribution in [2.75, 3.05) is 0 Å². The van der Waals surface area contributed by atoms with Crippen molar-refractivity contribution in [2.45, 2.75) is 12.5 Å². The Labute approximate surface area is 125 Å². The van der Waals surface area contributed by atoms with E-state index in [-0.39, 0.29) is 22.0 Å². The quantitative estimate of drug-likeness (QED) is 0.660. The van der Waals surface area contributed by atoms with Crippen LogP contribution in [0.5, 0.6) is 0 Å². The van der Waals surface area contributed by atoms with E-state index in [9.17, 15) is 8.78 Å². The lowest BCUT2D eigenvalue weighted by atomic mass is 9.98. The first-order valence-corrected chi connectivity index (χ1v) is 6.63. The van der Waals surface area contributed by atoms with Crippen molar-refractivity contribution in [3.05, 3.63) is 69.2 Å². The van der Waals surface area contributed by atoms with E-state index >= 15 is 0 Å². The van der Waals surface area contributed by atoms with E-state index in [1.165, 1.54) is 18.2 Å². The Morgan fingerprint density at radius 1 is 1.05 bits per heavy atom. The van der Waals surface area contributed by atoms with Gasteiger partial charge in [0, 0.05) is 10.6 Å². The van der Waals surface area contributed by atoms with Crippen LogP contribution in [0.25, 0.3) is 0 Å². The largest absolute Gasteiger partial charge is 0.271 e. The molecular formula is C14H12Cl2F2N2. The van der Waals surface area contributed by atoms with Crippen LogP contribution in [0.3, 0.4) is 0 Å². The summed E-state index contributed by atoms with van der Waals surface area (Å²) in [5.74, 6) is 4.41. The van der Waals surface area contributed by atoms with Crippen LogP contribution in [-0.2, 0) is 6.42 Å². The molecule has 0 aliphatic heterocycles. The van der Waals surface area contributed by atoms with Gasteiger partial charge in [0.2, 0.25) is 0 Å². The number of rotatable bonds is 4. The molecule has 0 heterocycles. The molecule has 0 aliphatic carbocycles. The molecule has 2 aromatic carbocycles. The van der Waals surface area contributed by atoms with Crippen LogP contribution in [0.2, 0.25) is 10.0 Å². The first kappa shape index (κ1) is 15.2. The lowest BCUT2D eigenvalue weighted by molar-refractivity contribution is 0.499. The lowest BCUT2D eigenvalue weighted by Crippen LogP contribution is -2.30. The van der Waals surface area contributed by atoms with Gasteiger partial charge in [-0.15, -0.1) is 0 Å². The first-order valence-electron chi connectivity index (χ1n) is 5.87. The Kier molecular flexibility index (Phi) is 4.94. The molecule has 2 nitrogen and oxygen atoms in total. The predicted molar refractivity (Wildman–Crippen MR) is 76.6 cm³/mol. The Bertz CT molecular complexity index is 600. The first-order chi connectivity index (χ1) is 9.54. The molecule has 1 unspecified atom stereocenters. The number of benzene rings is 2. The van der Waals surface area contributed by atoms with Crippen molar-refractivity contribution < 1.29 is 8.78 Å². The van der Waals surface area contributed by atoms with Crippen LogP contribution in [0, 0.1) is 11.6 Å². The fourth-order valence-electron chi connectivity index (χ4n) is 2.01. The van der Waals surface area contributed by atoms with Gasteiger partial charge in [0.1, 0.15) is 11.6 Å². The van der Waals surface area contributed by atoms with Crippen LogP contribution >= 0.6 is 23.2 Å². The van der Waals surface area contributed by atoms with E-state index in [2.05, 4.69) is 5.43 Å². The smallest absolute Gasteiger partial charge is 0.145 e. The molecule has 0 spiro atoms. The van der Waals surface area contributed by atoms with E-state index < -0.39 is 17.7 Å². The summed E-state index contributed by atoms with van der Waals surface area (Å²) in [7, 11) is 0. The summed E-state index contributed by atoms with van der Waals surface area (Å²) in [5.41, 5.74) is 3.00. The molecule has 0 amide bonds. The third-order valence-corrected chi connectivity index (χ3v) is 3.63. The zero-order chi connectivity index (χ0) is 14.7. The second-order valence-electron chi connectivity index (χ2n) is 4.27. The standard InChI is InChI=1S/C14H12Cl2F2N2/c15-9-4-2-6-11(17)13(9)12(20-19)7-8-3-1-5-10(16)14(8)18/h1-6,12,20H,7,19H2. The van der Waals surface area contributed by atoms with Gasteiger partial charge in [0.15, 0.2) is 0 Å². The average molecular weight is 317 g/mol. The highest BCUT2D eigenvalue weighted by Gasteiger charge is 2.20. The van der Waals surface area contributed by atoms with E-state index in [0.717, 1.165) is 0 Å². The Morgan fingerprint density at radius 3 is 2.35 bits per heavy atom. The fourth-order valence-corrected chi connectivity index (χ4v) is 2.50. The Morgan fingerprint density at radius 2 is 1.70 bits per heavy atom. The number of hydrazine groups is 1. The number of hydrogen-bond donors (Lipinski definition) is 2. The van der Waals surface area contributed by atoms with Crippen LogP contribution in [0.1, 0.15) is 17.2 Å². The van der Waals surface area contributed by atoms with Gasteiger partial charge in [-0.05, 0) is 30.2 Å². The molecule has 0 aliphatic rings. The summed E-state index contributed by atoms with van der Waals surface area (Å²) in [6.45, 7) is 0. The van der Waals surface area contributed by atoms with E-state index in [0.29, 0.717) is 5.56 Å². The average Bonchev–Trinajstić information content (AvgIpc) is 2.42. The minimum absolute atomic E-state index is 0.0119. The summed E-state index contributed by atoms with van der Waals surface area (Å²) < 4.78 is 27.8. The lowest BCUT2D eigenvalue weighted by Gasteiger charge is -2.19. The van der Waals surface area contributed by atoms with Gasteiger partial charge in [-0.1, -0.05) is 41.4 Å². The number of halogens is 4. The molecule has 0 radical (unpaired) electrons. The second kappa shape index (κ2) is 6.50. The second-order valence-corrected chi connectivity index (χ2v) is 5.09. The minimum Gasteiger partial charge on any atom is -0.271 e. The summed E-state index contributed by atoms with van der Waals surface area (Å²) >= 11 is 11.7. The van der Waals surface area contributed by atoms with E-state index in [4.69, 9.17) is 29.0 Å². The summed E-state index contributed by atoms with van der Waals surface area (Å²) in [6.07, 6.45) is 0.129. The molecule has 2 aromatic rings. The maximum absolute atomic E-state index is 13.9. The molecule has 0 aromatic heterocycles.